The number of likely N-dealkylation sites (tertiary alicyclic amines) is 1. The third-order valence-corrected chi connectivity index (χ3v) is 6.06. The summed E-state index contributed by atoms with van der Waals surface area (Å²) in [5.74, 6) is 1.12. The van der Waals surface area contributed by atoms with Crippen LogP contribution in [0.2, 0.25) is 0 Å². The first kappa shape index (κ1) is 20.1. The second kappa shape index (κ2) is 9.52. The van der Waals surface area contributed by atoms with Crippen LogP contribution in [0.4, 0.5) is 4.39 Å². The van der Waals surface area contributed by atoms with Gasteiger partial charge in [0.05, 0.1) is 12.3 Å². The summed E-state index contributed by atoms with van der Waals surface area (Å²) in [6.07, 6.45) is 5.47. The van der Waals surface area contributed by atoms with Crippen molar-refractivity contribution in [2.45, 2.75) is 69.2 Å². The number of piperidine rings is 1. The van der Waals surface area contributed by atoms with Crippen LogP contribution in [0, 0.1) is 12.8 Å². The molecule has 1 saturated carbocycles. The number of H-pyrrole nitrogens is 1. The summed E-state index contributed by atoms with van der Waals surface area (Å²) in [4.78, 5) is 30.5. The van der Waals surface area contributed by atoms with Crippen molar-refractivity contribution in [2.75, 3.05) is 18.8 Å². The van der Waals surface area contributed by atoms with Crippen molar-refractivity contribution in [3.05, 3.63) is 5.82 Å². The molecule has 2 amide bonds. The number of aromatic nitrogens is 3. The van der Waals surface area contributed by atoms with Crippen molar-refractivity contribution >= 4 is 23.6 Å². The number of nitrogens with zero attached hydrogens (tertiary/aromatic N) is 3. The quantitative estimate of drug-likeness (QED) is 0.719. The van der Waals surface area contributed by atoms with Gasteiger partial charge in [-0.15, -0.1) is 5.10 Å². The van der Waals surface area contributed by atoms with Gasteiger partial charge in [0, 0.05) is 25.4 Å². The number of hydrogen-bond acceptors (Lipinski definition) is 5. The van der Waals surface area contributed by atoms with Crippen molar-refractivity contribution in [3.8, 4) is 0 Å². The number of aromatic amines is 1. The predicted octanol–water partition coefficient (Wildman–Crippen LogP) is 2.23. The molecule has 7 nitrogen and oxygen atoms in total. The minimum absolute atomic E-state index is 0.0223. The summed E-state index contributed by atoms with van der Waals surface area (Å²) in [6.45, 7) is 2.32. The van der Waals surface area contributed by atoms with Crippen LogP contribution in [-0.4, -0.2) is 63.0 Å². The lowest BCUT2D eigenvalue weighted by atomic mass is 9.86. The Kier molecular flexibility index (Phi) is 7.09. The lowest BCUT2D eigenvalue weighted by Gasteiger charge is -2.36. The predicted molar refractivity (Wildman–Crippen MR) is 101 cm³/mol. The highest BCUT2D eigenvalue weighted by Gasteiger charge is 2.31. The molecule has 27 heavy (non-hydrogen) atoms. The lowest BCUT2D eigenvalue weighted by Crippen LogP contribution is -2.53. The summed E-state index contributed by atoms with van der Waals surface area (Å²) < 4.78 is 14.2. The first-order chi connectivity index (χ1) is 13.0. The summed E-state index contributed by atoms with van der Waals surface area (Å²) in [5.41, 5.74) is 0. The van der Waals surface area contributed by atoms with E-state index < -0.39 is 6.17 Å². The van der Waals surface area contributed by atoms with Gasteiger partial charge < -0.3 is 10.2 Å². The fourth-order valence-electron chi connectivity index (χ4n) is 3.90. The van der Waals surface area contributed by atoms with Gasteiger partial charge in [0.25, 0.3) is 0 Å². The number of hydrogen-bond donors (Lipinski definition) is 2. The number of rotatable bonds is 6. The Labute approximate surface area is 163 Å². The molecule has 2 atom stereocenters. The van der Waals surface area contributed by atoms with E-state index in [0.29, 0.717) is 29.9 Å². The molecule has 0 radical (unpaired) electrons. The first-order valence-electron chi connectivity index (χ1n) is 9.72. The Morgan fingerprint density at radius 3 is 2.78 bits per heavy atom. The Balaban J connectivity index is 1.45. The summed E-state index contributed by atoms with van der Waals surface area (Å²) in [7, 11) is 0. The van der Waals surface area contributed by atoms with Gasteiger partial charge in [-0.2, -0.15) is 0 Å². The van der Waals surface area contributed by atoms with Crippen LogP contribution in [0.3, 0.4) is 0 Å². The van der Waals surface area contributed by atoms with Gasteiger partial charge in [-0.3, -0.25) is 14.7 Å². The van der Waals surface area contributed by atoms with E-state index in [9.17, 15) is 14.0 Å². The molecular formula is C18H28FN5O2S. The second-order valence-electron chi connectivity index (χ2n) is 7.60. The molecule has 2 aliphatic rings. The Morgan fingerprint density at radius 1 is 1.30 bits per heavy atom. The van der Waals surface area contributed by atoms with Crippen LogP contribution in [-0.2, 0) is 9.59 Å². The van der Waals surface area contributed by atoms with Gasteiger partial charge in [-0.25, -0.2) is 9.37 Å². The Morgan fingerprint density at radius 2 is 2.07 bits per heavy atom. The molecule has 150 valence electrons. The van der Waals surface area contributed by atoms with Gasteiger partial charge >= 0.3 is 0 Å². The van der Waals surface area contributed by atoms with Crippen LogP contribution >= 0.6 is 11.8 Å². The number of nitrogens with one attached hydrogen (secondary N) is 2. The maximum Gasteiger partial charge on any atom is 0.230 e. The normalized spacial score (nSPS) is 24.0. The fourth-order valence-corrected chi connectivity index (χ4v) is 4.55. The number of aryl methyl sites for hydroxylation is 1. The van der Waals surface area contributed by atoms with Gasteiger partial charge in [0.2, 0.25) is 17.0 Å². The van der Waals surface area contributed by atoms with E-state index in [4.69, 9.17) is 0 Å². The third kappa shape index (κ3) is 6.19. The van der Waals surface area contributed by atoms with Crippen molar-refractivity contribution in [1.82, 2.24) is 25.4 Å². The molecule has 2 N–H and O–H groups in total. The minimum atomic E-state index is -1.09. The molecule has 1 saturated heterocycles. The molecular weight excluding hydrogens is 369 g/mol. The van der Waals surface area contributed by atoms with Gasteiger partial charge in [-0.1, -0.05) is 31.0 Å². The lowest BCUT2D eigenvalue weighted by molar-refractivity contribution is -0.136. The second-order valence-corrected chi connectivity index (χ2v) is 8.54. The van der Waals surface area contributed by atoms with Gasteiger partial charge in [-0.05, 0) is 25.7 Å². The Hall–Kier alpha value is -1.64. The zero-order chi connectivity index (χ0) is 19.2. The van der Waals surface area contributed by atoms with E-state index in [1.165, 1.54) is 31.0 Å². The zero-order valence-corrected chi connectivity index (χ0v) is 16.6. The van der Waals surface area contributed by atoms with E-state index in [2.05, 4.69) is 20.5 Å². The zero-order valence-electron chi connectivity index (χ0n) is 15.7. The van der Waals surface area contributed by atoms with E-state index in [0.717, 1.165) is 12.8 Å². The molecule has 0 unspecified atom stereocenters. The van der Waals surface area contributed by atoms with Gasteiger partial charge in [0.1, 0.15) is 12.0 Å². The van der Waals surface area contributed by atoms with Crippen LogP contribution < -0.4 is 5.32 Å². The highest BCUT2D eigenvalue weighted by Crippen LogP contribution is 2.27. The monoisotopic (exact) mass is 397 g/mol. The summed E-state index contributed by atoms with van der Waals surface area (Å²) in [5, 5.41) is 10.1. The molecule has 1 aliphatic carbocycles. The number of carbonyl (C=O) groups excluding carboxylic acids is 2. The molecule has 3 rings (SSSR count). The Bertz CT molecular complexity index is 649. The maximum absolute atomic E-state index is 14.2. The maximum atomic E-state index is 14.2. The van der Waals surface area contributed by atoms with Crippen molar-refractivity contribution < 1.29 is 14.0 Å². The van der Waals surface area contributed by atoms with E-state index in [1.807, 2.05) is 0 Å². The highest BCUT2D eigenvalue weighted by molar-refractivity contribution is 7.99. The fraction of sp³-hybridized carbons (Fsp3) is 0.778. The minimum Gasteiger partial charge on any atom is -0.351 e. The molecule has 9 heteroatoms. The molecule has 0 aromatic carbocycles. The van der Waals surface area contributed by atoms with Crippen LogP contribution in [0.5, 0.6) is 0 Å². The molecule has 0 bridgehead atoms. The number of amides is 2. The average molecular weight is 398 g/mol. The van der Waals surface area contributed by atoms with E-state index >= 15 is 0 Å². The first-order valence-corrected chi connectivity index (χ1v) is 10.7. The molecule has 0 spiro atoms. The SMILES string of the molecule is Cc1nc(SCC(=O)N[C@H]2C[C@@H](F)CN(C(=O)CC3CCCCC3)C2)n[nH]1. The average Bonchev–Trinajstić information content (AvgIpc) is 3.06. The summed E-state index contributed by atoms with van der Waals surface area (Å²) in [6, 6.07) is -0.342. The number of halogens is 1. The number of thioether (sulfide) groups is 1. The number of carbonyl (C=O) groups is 2. The molecule has 1 aromatic heterocycles. The topological polar surface area (TPSA) is 91.0 Å². The standard InChI is InChI=1S/C18H28FN5O2S/c1-12-20-18(23-22-12)27-11-16(25)21-15-8-14(19)9-24(10-15)17(26)7-13-5-3-2-4-6-13/h13-15H,2-11H2,1H3,(H,21,25)(H,20,22,23)/t14-,15+/m1/s1. The summed E-state index contributed by atoms with van der Waals surface area (Å²) >= 11 is 1.23. The third-order valence-electron chi connectivity index (χ3n) is 5.21. The van der Waals surface area contributed by atoms with E-state index in [-0.39, 0.29) is 36.6 Å². The van der Waals surface area contributed by atoms with Gasteiger partial charge in [0.15, 0.2) is 0 Å². The molecule has 2 fully saturated rings. The number of alkyl halides is 1. The van der Waals surface area contributed by atoms with Crippen LogP contribution in [0.25, 0.3) is 0 Å². The highest BCUT2D eigenvalue weighted by atomic mass is 32.2. The van der Waals surface area contributed by atoms with Crippen molar-refractivity contribution in [3.63, 3.8) is 0 Å². The van der Waals surface area contributed by atoms with E-state index in [1.54, 1.807) is 11.8 Å². The molecule has 1 aliphatic heterocycles. The molecule has 2 heterocycles. The largest absolute Gasteiger partial charge is 0.351 e. The molecule has 1 aromatic rings. The van der Waals surface area contributed by atoms with Crippen LogP contribution in [0.15, 0.2) is 5.16 Å². The van der Waals surface area contributed by atoms with Crippen molar-refractivity contribution in [2.24, 2.45) is 5.92 Å². The smallest absolute Gasteiger partial charge is 0.230 e. The van der Waals surface area contributed by atoms with Crippen LogP contribution in [0.1, 0.15) is 50.8 Å². The van der Waals surface area contributed by atoms with Crippen molar-refractivity contribution in [1.29, 1.82) is 0 Å².